The van der Waals surface area contributed by atoms with E-state index in [2.05, 4.69) is 169 Å². The Bertz CT molecular complexity index is 2910. The molecule has 0 fully saturated rings. The molecule has 0 radical (unpaired) electrons. The van der Waals surface area contributed by atoms with Crippen molar-refractivity contribution in [3.8, 4) is 17.1 Å². The van der Waals surface area contributed by atoms with Gasteiger partial charge in [0.1, 0.15) is 5.75 Å². The molecule has 0 aliphatic carbocycles. The van der Waals surface area contributed by atoms with Crippen molar-refractivity contribution in [3.05, 3.63) is 206 Å². The van der Waals surface area contributed by atoms with Crippen LogP contribution >= 0.6 is 11.8 Å². The zero-order valence-electron chi connectivity index (χ0n) is 31.2. The average molecular weight is 731 g/mol. The number of para-hydroxylation sites is 2. The van der Waals surface area contributed by atoms with Crippen LogP contribution in [0.4, 0.5) is 0 Å². The van der Waals surface area contributed by atoms with Crippen LogP contribution in [0.3, 0.4) is 0 Å². The molecule has 4 heteroatoms. The highest BCUT2D eigenvalue weighted by molar-refractivity contribution is 7.98. The molecule has 2 aromatic heterocycles. The predicted octanol–water partition coefficient (Wildman–Crippen LogP) is 13.7. The third-order valence-corrected chi connectivity index (χ3v) is 11.2. The van der Waals surface area contributed by atoms with E-state index in [4.69, 9.17) is 0 Å². The molecular formula is C51H42N2OS. The molecule has 6 aromatic carbocycles. The molecule has 2 heterocycles. The fourth-order valence-electron chi connectivity index (χ4n) is 7.77. The Balaban J connectivity index is 1.13. The van der Waals surface area contributed by atoms with Crippen molar-refractivity contribution >= 4 is 66.5 Å². The summed E-state index contributed by atoms with van der Waals surface area (Å²) in [7, 11) is 0. The van der Waals surface area contributed by atoms with Gasteiger partial charge in [0.2, 0.25) is 0 Å². The number of phenolic OH excluding ortho intramolecular Hbond substituents is 1. The van der Waals surface area contributed by atoms with Gasteiger partial charge in [0, 0.05) is 43.9 Å². The van der Waals surface area contributed by atoms with Crippen molar-refractivity contribution in [2.45, 2.75) is 18.2 Å². The number of fused-ring (bicyclic) bond motifs is 6. The van der Waals surface area contributed by atoms with Crippen molar-refractivity contribution in [1.29, 1.82) is 0 Å². The molecule has 0 unspecified atom stereocenters. The number of hydrogen-bond donors (Lipinski definition) is 1. The molecule has 8 rings (SSSR count). The molecule has 0 amide bonds. The number of rotatable bonds is 11. The molecular weight excluding hydrogens is 689 g/mol. The number of benzene rings is 6. The lowest BCUT2D eigenvalue weighted by molar-refractivity contribution is 0.472. The summed E-state index contributed by atoms with van der Waals surface area (Å²) in [5, 5.41) is 15.4. The summed E-state index contributed by atoms with van der Waals surface area (Å²) < 4.78 is 4.61. The molecule has 3 nitrogen and oxygen atoms in total. The molecule has 0 aliphatic rings. The van der Waals surface area contributed by atoms with Gasteiger partial charge < -0.3 is 14.2 Å². The Morgan fingerprint density at radius 3 is 1.76 bits per heavy atom. The summed E-state index contributed by atoms with van der Waals surface area (Å²) in [6, 6.07) is 42.9. The first-order valence-electron chi connectivity index (χ1n) is 18.4. The van der Waals surface area contributed by atoms with Crippen molar-refractivity contribution in [1.82, 2.24) is 9.13 Å². The number of aromatic nitrogens is 2. The van der Waals surface area contributed by atoms with E-state index in [1.807, 2.05) is 31.2 Å². The number of allylic oxidation sites excluding steroid dienone is 9. The van der Waals surface area contributed by atoms with E-state index in [1.54, 1.807) is 17.8 Å². The SMILES string of the molecule is C=C/C=C(\C=C)c1cccc(-n2c3ccccc3c3cc(C/C=C/C=C(\C=C)c4cccc(-n5c6ccccc6c6cc(C)c(O)cc65)c4)c(SC)cc32)c1. The first kappa shape index (κ1) is 35.5. The van der Waals surface area contributed by atoms with E-state index in [9.17, 15) is 5.11 Å². The number of nitrogens with zero attached hydrogens (tertiary/aromatic N) is 2. The van der Waals surface area contributed by atoms with Gasteiger partial charge in [-0.25, -0.2) is 0 Å². The van der Waals surface area contributed by atoms with Crippen LogP contribution in [-0.2, 0) is 6.42 Å². The molecule has 55 heavy (non-hydrogen) atoms. The summed E-state index contributed by atoms with van der Waals surface area (Å²) in [6.07, 6.45) is 17.1. The van der Waals surface area contributed by atoms with Crippen LogP contribution in [0.2, 0.25) is 0 Å². The van der Waals surface area contributed by atoms with E-state index >= 15 is 0 Å². The van der Waals surface area contributed by atoms with E-state index < -0.39 is 0 Å². The van der Waals surface area contributed by atoms with Crippen molar-refractivity contribution < 1.29 is 5.11 Å². The maximum atomic E-state index is 10.7. The summed E-state index contributed by atoms with van der Waals surface area (Å²) in [5.41, 5.74) is 13.0. The van der Waals surface area contributed by atoms with Gasteiger partial charge in [0.15, 0.2) is 0 Å². The number of thioether (sulfide) groups is 1. The van der Waals surface area contributed by atoms with Crippen LogP contribution in [0.5, 0.6) is 5.75 Å². The third kappa shape index (κ3) is 6.45. The molecule has 0 atom stereocenters. The molecule has 0 bridgehead atoms. The second-order valence-corrected chi connectivity index (χ2v) is 14.5. The minimum absolute atomic E-state index is 0.295. The Morgan fingerprint density at radius 1 is 0.618 bits per heavy atom. The first-order valence-corrected chi connectivity index (χ1v) is 19.7. The van der Waals surface area contributed by atoms with Crippen LogP contribution in [0.1, 0.15) is 22.3 Å². The molecule has 0 aliphatic heterocycles. The van der Waals surface area contributed by atoms with Gasteiger partial charge in [-0.05, 0) is 108 Å². The number of aryl methyl sites for hydroxylation is 1. The molecule has 268 valence electrons. The third-order valence-electron chi connectivity index (χ3n) is 10.4. The minimum atomic E-state index is 0.295. The van der Waals surface area contributed by atoms with Crippen LogP contribution < -0.4 is 0 Å². The fraction of sp³-hybridized carbons (Fsp3) is 0.0588. The van der Waals surface area contributed by atoms with Crippen molar-refractivity contribution in [2.24, 2.45) is 0 Å². The first-order chi connectivity index (χ1) is 26.9. The second-order valence-electron chi connectivity index (χ2n) is 13.7. The van der Waals surface area contributed by atoms with E-state index in [0.717, 1.165) is 67.4 Å². The molecule has 1 N–H and O–H groups in total. The van der Waals surface area contributed by atoms with E-state index in [0.29, 0.717) is 5.75 Å². The quantitative estimate of drug-likeness (QED) is 0.106. The Morgan fingerprint density at radius 2 is 1.18 bits per heavy atom. The lowest BCUT2D eigenvalue weighted by Crippen LogP contribution is -1.96. The topological polar surface area (TPSA) is 30.1 Å². The maximum absolute atomic E-state index is 10.7. The lowest BCUT2D eigenvalue weighted by atomic mass is 10.0. The molecule has 0 saturated heterocycles. The smallest absolute Gasteiger partial charge is 0.120 e. The number of aromatic hydroxyl groups is 1. The summed E-state index contributed by atoms with van der Waals surface area (Å²) in [5.74, 6) is 0.295. The van der Waals surface area contributed by atoms with Crippen molar-refractivity contribution in [2.75, 3.05) is 6.26 Å². The zero-order valence-corrected chi connectivity index (χ0v) is 32.0. The maximum Gasteiger partial charge on any atom is 0.120 e. The largest absolute Gasteiger partial charge is 0.508 e. The van der Waals surface area contributed by atoms with Crippen molar-refractivity contribution in [3.63, 3.8) is 0 Å². The summed E-state index contributed by atoms with van der Waals surface area (Å²) >= 11 is 1.78. The Kier molecular flexibility index (Phi) is 9.75. The normalized spacial score (nSPS) is 12.4. The van der Waals surface area contributed by atoms with Gasteiger partial charge in [-0.15, -0.1) is 11.8 Å². The van der Waals surface area contributed by atoms with Crippen LogP contribution in [0.15, 0.2) is 188 Å². The van der Waals surface area contributed by atoms with Gasteiger partial charge in [0.05, 0.1) is 22.1 Å². The Hall–Kier alpha value is -6.49. The minimum Gasteiger partial charge on any atom is -0.508 e. The van der Waals surface area contributed by atoms with Crippen LogP contribution in [-0.4, -0.2) is 20.5 Å². The van der Waals surface area contributed by atoms with Gasteiger partial charge in [-0.1, -0.05) is 123 Å². The zero-order chi connectivity index (χ0) is 38.1. The lowest BCUT2D eigenvalue weighted by Gasteiger charge is -2.12. The highest BCUT2D eigenvalue weighted by Crippen LogP contribution is 2.38. The molecule has 0 saturated carbocycles. The van der Waals surface area contributed by atoms with E-state index in [-0.39, 0.29) is 0 Å². The Labute approximate surface area is 326 Å². The average Bonchev–Trinajstić information content (AvgIpc) is 3.71. The van der Waals surface area contributed by atoms with E-state index in [1.165, 1.54) is 32.3 Å². The van der Waals surface area contributed by atoms with Gasteiger partial charge in [-0.3, -0.25) is 0 Å². The fourth-order valence-corrected chi connectivity index (χ4v) is 8.40. The second kappa shape index (κ2) is 15.1. The number of phenols is 1. The molecule has 8 aromatic rings. The van der Waals surface area contributed by atoms with Gasteiger partial charge in [0.25, 0.3) is 0 Å². The summed E-state index contributed by atoms with van der Waals surface area (Å²) in [6.45, 7) is 14.0. The highest BCUT2D eigenvalue weighted by atomic mass is 32.2. The van der Waals surface area contributed by atoms with Gasteiger partial charge in [-0.2, -0.15) is 0 Å². The predicted molar refractivity (Wildman–Crippen MR) is 239 cm³/mol. The standard InChI is InChI=1S/C51H42N2OS/c1-6-17-35(7-2)37-20-15-23-41(29-37)53-47-27-14-12-25-43(47)45-31-39(51(55-5)33-49(45)53)19-10-9-18-36(8-3)38-21-16-22-40(30-38)52-46-26-13-11-24-42(46)44-28-34(4)50(54)32-48(44)52/h6-18,20-33,54H,1-3,19H2,4-5H3/b10-9+,35-17+,36-18+. The molecule has 0 spiro atoms. The van der Waals surface area contributed by atoms with Gasteiger partial charge >= 0.3 is 0 Å². The van der Waals surface area contributed by atoms with Crippen LogP contribution in [0.25, 0.3) is 66.1 Å². The summed E-state index contributed by atoms with van der Waals surface area (Å²) in [4.78, 5) is 1.25. The monoisotopic (exact) mass is 730 g/mol. The van der Waals surface area contributed by atoms with Crippen LogP contribution in [0, 0.1) is 6.92 Å². The highest BCUT2D eigenvalue weighted by Gasteiger charge is 2.17. The number of hydrogen-bond acceptors (Lipinski definition) is 2.